The summed E-state index contributed by atoms with van der Waals surface area (Å²) in [4.78, 5) is 11.2. The number of esters is 1. The molecule has 1 unspecified atom stereocenters. The Balaban J connectivity index is 1.76. The smallest absolute Gasteiger partial charge is 0.331 e. The lowest BCUT2D eigenvalue weighted by molar-refractivity contribution is -0.147. The minimum atomic E-state index is -0.262. The van der Waals surface area contributed by atoms with Crippen molar-refractivity contribution in [3.05, 3.63) is 47.5 Å². The van der Waals surface area contributed by atoms with Gasteiger partial charge in [-0.2, -0.15) is 0 Å². The van der Waals surface area contributed by atoms with E-state index in [-0.39, 0.29) is 12.1 Å². The predicted octanol–water partition coefficient (Wildman–Crippen LogP) is 2.47. The minimum Gasteiger partial charge on any atom is -0.456 e. The minimum absolute atomic E-state index is 0.142. The number of cyclic esters (lactones) is 1. The summed E-state index contributed by atoms with van der Waals surface area (Å²) in [6.45, 7) is 2.94. The highest BCUT2D eigenvalue weighted by Gasteiger charge is 2.19. The molecule has 90 valence electrons. The van der Waals surface area contributed by atoms with Crippen LogP contribution in [0.15, 0.2) is 42.0 Å². The molecule has 1 aromatic rings. The number of rotatable bonds is 4. The zero-order valence-corrected chi connectivity index (χ0v) is 9.89. The normalized spacial score (nSPS) is 19.7. The van der Waals surface area contributed by atoms with Crippen LogP contribution in [0.5, 0.6) is 0 Å². The average molecular weight is 232 g/mol. The van der Waals surface area contributed by atoms with Gasteiger partial charge in [0.05, 0.1) is 13.2 Å². The average Bonchev–Trinajstić information content (AvgIpc) is 2.29. The van der Waals surface area contributed by atoms with Crippen LogP contribution < -0.4 is 0 Å². The van der Waals surface area contributed by atoms with Crippen LogP contribution in [0.3, 0.4) is 0 Å². The number of hydrogen-bond acceptors (Lipinski definition) is 3. The summed E-state index contributed by atoms with van der Waals surface area (Å²) in [5, 5.41) is 0. The van der Waals surface area contributed by atoms with Crippen LogP contribution >= 0.6 is 0 Å². The molecular weight excluding hydrogens is 216 g/mol. The predicted molar refractivity (Wildman–Crippen MR) is 64.4 cm³/mol. The van der Waals surface area contributed by atoms with Gasteiger partial charge in [0.2, 0.25) is 0 Å². The topological polar surface area (TPSA) is 35.5 Å². The maximum Gasteiger partial charge on any atom is 0.331 e. The Morgan fingerprint density at radius 3 is 2.82 bits per heavy atom. The Morgan fingerprint density at radius 1 is 1.35 bits per heavy atom. The summed E-state index contributed by atoms with van der Waals surface area (Å²) in [5.41, 5.74) is 2.18. The van der Waals surface area contributed by atoms with Crippen molar-refractivity contribution in [1.29, 1.82) is 0 Å². The molecule has 0 spiro atoms. The second-order valence-electron chi connectivity index (χ2n) is 4.25. The van der Waals surface area contributed by atoms with Gasteiger partial charge in [0.15, 0.2) is 0 Å². The highest BCUT2D eigenvalue weighted by molar-refractivity contribution is 5.83. The van der Waals surface area contributed by atoms with Crippen molar-refractivity contribution in [2.45, 2.75) is 26.1 Å². The van der Waals surface area contributed by atoms with Crippen molar-refractivity contribution in [3.63, 3.8) is 0 Å². The largest absolute Gasteiger partial charge is 0.456 e. The van der Waals surface area contributed by atoms with Crippen molar-refractivity contribution in [1.82, 2.24) is 0 Å². The number of carbonyl (C=O) groups excluding carboxylic acids is 1. The van der Waals surface area contributed by atoms with E-state index in [1.54, 1.807) is 0 Å². The fourth-order valence-corrected chi connectivity index (χ4v) is 1.83. The third-order valence-corrected chi connectivity index (χ3v) is 2.61. The molecule has 1 aliphatic heterocycles. The molecule has 1 aliphatic rings. The van der Waals surface area contributed by atoms with Gasteiger partial charge in [0.1, 0.15) is 6.10 Å². The molecule has 3 nitrogen and oxygen atoms in total. The standard InChI is InChI=1S/C14H16O3/c1-11-7-13(17-14(15)8-11)10-16-9-12-5-3-2-4-6-12/h2-6,8,13H,7,9-10H2,1H3. The quantitative estimate of drug-likeness (QED) is 0.748. The summed E-state index contributed by atoms with van der Waals surface area (Å²) >= 11 is 0. The maximum atomic E-state index is 11.2. The van der Waals surface area contributed by atoms with Crippen LogP contribution in [0, 0.1) is 0 Å². The van der Waals surface area contributed by atoms with E-state index in [4.69, 9.17) is 9.47 Å². The maximum absolute atomic E-state index is 11.2. The first kappa shape index (κ1) is 11.9. The summed E-state index contributed by atoms with van der Waals surface area (Å²) in [6, 6.07) is 9.95. The van der Waals surface area contributed by atoms with Crippen LogP contribution in [0.25, 0.3) is 0 Å². The Hall–Kier alpha value is -1.61. The molecule has 0 radical (unpaired) electrons. The monoisotopic (exact) mass is 232 g/mol. The first-order chi connectivity index (χ1) is 8.24. The Kier molecular flexibility index (Phi) is 3.94. The van der Waals surface area contributed by atoms with Crippen LogP contribution in [-0.4, -0.2) is 18.7 Å². The van der Waals surface area contributed by atoms with E-state index in [1.807, 2.05) is 37.3 Å². The Bertz CT molecular complexity index is 409. The molecule has 1 aromatic carbocycles. The summed E-state index contributed by atoms with van der Waals surface area (Å²) < 4.78 is 10.7. The highest BCUT2D eigenvalue weighted by atomic mass is 16.6. The lowest BCUT2D eigenvalue weighted by Gasteiger charge is -2.21. The van der Waals surface area contributed by atoms with Gasteiger partial charge in [0, 0.05) is 12.5 Å². The lowest BCUT2D eigenvalue weighted by Crippen LogP contribution is -2.26. The third-order valence-electron chi connectivity index (χ3n) is 2.61. The molecular formula is C14H16O3. The molecule has 1 atom stereocenters. The van der Waals surface area contributed by atoms with E-state index in [2.05, 4.69) is 0 Å². The van der Waals surface area contributed by atoms with E-state index in [9.17, 15) is 4.79 Å². The highest BCUT2D eigenvalue weighted by Crippen LogP contribution is 2.15. The SMILES string of the molecule is CC1=CC(=O)OC(COCc2ccccc2)C1. The third kappa shape index (κ3) is 3.71. The zero-order valence-electron chi connectivity index (χ0n) is 9.89. The molecule has 0 saturated heterocycles. The van der Waals surface area contributed by atoms with Gasteiger partial charge in [-0.05, 0) is 12.5 Å². The van der Waals surface area contributed by atoms with Crippen LogP contribution in [0.1, 0.15) is 18.9 Å². The molecule has 0 aromatic heterocycles. The van der Waals surface area contributed by atoms with E-state index in [1.165, 1.54) is 6.08 Å². The Labute approximate surface area is 101 Å². The van der Waals surface area contributed by atoms with Crippen LogP contribution in [-0.2, 0) is 20.9 Å². The number of benzene rings is 1. The Morgan fingerprint density at radius 2 is 2.12 bits per heavy atom. The van der Waals surface area contributed by atoms with Crippen molar-refractivity contribution >= 4 is 5.97 Å². The first-order valence-corrected chi connectivity index (χ1v) is 5.73. The van der Waals surface area contributed by atoms with Gasteiger partial charge >= 0.3 is 5.97 Å². The second kappa shape index (κ2) is 5.64. The van der Waals surface area contributed by atoms with Gasteiger partial charge in [-0.1, -0.05) is 35.9 Å². The fraction of sp³-hybridized carbons (Fsp3) is 0.357. The van der Waals surface area contributed by atoms with Crippen molar-refractivity contribution in [2.75, 3.05) is 6.61 Å². The molecule has 3 heteroatoms. The molecule has 0 fully saturated rings. The van der Waals surface area contributed by atoms with Gasteiger partial charge in [-0.25, -0.2) is 4.79 Å². The van der Waals surface area contributed by atoms with Gasteiger partial charge in [-0.3, -0.25) is 0 Å². The van der Waals surface area contributed by atoms with Crippen molar-refractivity contribution < 1.29 is 14.3 Å². The molecule has 0 saturated carbocycles. The molecule has 0 aliphatic carbocycles. The van der Waals surface area contributed by atoms with Crippen LogP contribution in [0.2, 0.25) is 0 Å². The molecule has 17 heavy (non-hydrogen) atoms. The molecule has 0 amide bonds. The van der Waals surface area contributed by atoms with Crippen molar-refractivity contribution in [3.8, 4) is 0 Å². The van der Waals surface area contributed by atoms with E-state index < -0.39 is 0 Å². The second-order valence-corrected chi connectivity index (χ2v) is 4.25. The first-order valence-electron chi connectivity index (χ1n) is 5.73. The van der Waals surface area contributed by atoms with Gasteiger partial charge in [-0.15, -0.1) is 0 Å². The van der Waals surface area contributed by atoms with Crippen LogP contribution in [0.4, 0.5) is 0 Å². The number of ether oxygens (including phenoxy) is 2. The summed E-state index contributed by atoms with van der Waals surface area (Å²) in [6.07, 6.45) is 2.16. The van der Waals surface area contributed by atoms with E-state index >= 15 is 0 Å². The molecule has 0 N–H and O–H groups in total. The zero-order chi connectivity index (χ0) is 12.1. The molecule has 2 rings (SSSR count). The molecule has 1 heterocycles. The number of hydrogen-bond donors (Lipinski definition) is 0. The van der Waals surface area contributed by atoms with Crippen molar-refractivity contribution in [2.24, 2.45) is 0 Å². The number of carbonyl (C=O) groups is 1. The summed E-state index contributed by atoms with van der Waals surface area (Å²) in [7, 11) is 0. The van der Waals surface area contributed by atoms with Gasteiger partial charge < -0.3 is 9.47 Å². The summed E-state index contributed by atoms with van der Waals surface area (Å²) in [5.74, 6) is -0.262. The van der Waals surface area contributed by atoms with Gasteiger partial charge in [0.25, 0.3) is 0 Å². The lowest BCUT2D eigenvalue weighted by atomic mass is 10.1. The fourth-order valence-electron chi connectivity index (χ4n) is 1.83. The molecule has 0 bridgehead atoms. The van der Waals surface area contributed by atoms with E-state index in [0.717, 1.165) is 17.6 Å². The van der Waals surface area contributed by atoms with E-state index in [0.29, 0.717) is 13.2 Å².